The van der Waals surface area contributed by atoms with Crippen molar-refractivity contribution in [1.29, 1.82) is 0 Å². The topological polar surface area (TPSA) is 144 Å². The number of ether oxygens (including phenoxy) is 2. The average molecular weight is 446 g/mol. The highest BCUT2D eigenvalue weighted by Gasteiger charge is 2.24. The minimum Gasteiger partial charge on any atom is -0.461 e. The minimum absolute atomic E-state index is 0.00980. The Morgan fingerprint density at radius 2 is 2.29 bits per heavy atom. The Morgan fingerprint density at radius 3 is 2.89 bits per heavy atom. The summed E-state index contributed by atoms with van der Waals surface area (Å²) in [6.07, 6.45) is 0.626. The van der Waals surface area contributed by atoms with Gasteiger partial charge in [-0.05, 0) is 14.9 Å². The molecule has 0 amide bonds. The van der Waals surface area contributed by atoms with E-state index in [1.165, 1.54) is 10.9 Å². The van der Waals surface area contributed by atoms with Gasteiger partial charge < -0.3 is 14.6 Å². The molecule has 2 heterocycles. The first kappa shape index (κ1) is 22.7. The molecule has 0 spiro atoms. The van der Waals surface area contributed by atoms with Crippen LogP contribution in [0.25, 0.3) is 11.2 Å². The molecule has 2 rings (SSSR count). The second-order valence-corrected chi connectivity index (χ2v) is 7.42. The smallest absolute Gasteiger partial charge is 0.331 e. The van der Waals surface area contributed by atoms with Gasteiger partial charge in [0.15, 0.2) is 17.2 Å². The fourth-order valence-electron chi connectivity index (χ4n) is 2.21. The Morgan fingerprint density at radius 1 is 1.54 bits per heavy atom. The van der Waals surface area contributed by atoms with Crippen molar-refractivity contribution in [3.8, 4) is 0 Å². The van der Waals surface area contributed by atoms with Crippen molar-refractivity contribution in [3.05, 3.63) is 16.7 Å². The Bertz CT molecular complexity index is 914. The van der Waals surface area contributed by atoms with Crippen LogP contribution >= 0.6 is 26.0 Å². The lowest BCUT2D eigenvalue weighted by Gasteiger charge is -2.19. The molecule has 152 valence electrons. The quantitative estimate of drug-likeness (QED) is 0.419. The number of aromatic nitrogens is 4. The van der Waals surface area contributed by atoms with Crippen LogP contribution in [0.2, 0.25) is 0 Å². The van der Waals surface area contributed by atoms with Crippen LogP contribution in [-0.4, -0.2) is 56.0 Å². The molecule has 2 unspecified atom stereocenters. The zero-order valence-corrected chi connectivity index (χ0v) is 18.3. The molecule has 0 bridgehead atoms. The molecule has 0 aliphatic rings. The number of rotatable bonds is 10. The maximum absolute atomic E-state index is 12.2. The predicted octanol–water partition coefficient (Wildman–Crippen LogP) is 1.90. The summed E-state index contributed by atoms with van der Waals surface area (Å²) in [5.41, 5.74) is -0.0366. The molecule has 0 saturated heterocycles. The lowest BCUT2D eigenvalue weighted by Crippen LogP contribution is -2.32. The summed E-state index contributed by atoms with van der Waals surface area (Å²) in [6, 6.07) is -0.585. The van der Waals surface area contributed by atoms with E-state index >= 15 is 0 Å². The van der Waals surface area contributed by atoms with Gasteiger partial charge in [0.25, 0.3) is 5.56 Å². The molecule has 2 aromatic rings. The molecule has 0 radical (unpaired) electrons. The van der Waals surface area contributed by atoms with Crippen molar-refractivity contribution >= 4 is 49.1 Å². The lowest BCUT2D eigenvalue weighted by molar-refractivity contribution is -0.152. The maximum atomic E-state index is 12.2. The van der Waals surface area contributed by atoms with Gasteiger partial charge in [0.05, 0.1) is 12.9 Å². The molecule has 0 saturated carbocycles. The van der Waals surface area contributed by atoms with E-state index < -0.39 is 23.7 Å². The van der Waals surface area contributed by atoms with E-state index in [1.54, 1.807) is 0 Å². The van der Waals surface area contributed by atoms with E-state index in [-0.39, 0.29) is 43.0 Å². The molecule has 14 heteroatoms. The fraction of sp³-hybridized carbons (Fsp3) is 0.571. The van der Waals surface area contributed by atoms with Crippen LogP contribution < -0.4 is 5.56 Å². The second kappa shape index (κ2) is 10.8. The zero-order chi connectivity index (χ0) is 20.7. The maximum Gasteiger partial charge on any atom is 0.331 e. The van der Waals surface area contributed by atoms with Crippen molar-refractivity contribution in [2.75, 3.05) is 13.2 Å². The van der Waals surface area contributed by atoms with Crippen molar-refractivity contribution in [3.63, 3.8) is 0 Å². The van der Waals surface area contributed by atoms with Gasteiger partial charge in [-0.15, -0.1) is 0 Å². The Hall–Kier alpha value is -1.63. The van der Waals surface area contributed by atoms with Gasteiger partial charge in [0, 0.05) is 8.06 Å². The van der Waals surface area contributed by atoms with E-state index in [1.807, 2.05) is 13.8 Å². The number of carbonyl (C=O) groups is 1. The Labute approximate surface area is 166 Å². The highest BCUT2D eigenvalue weighted by Crippen LogP contribution is 2.19. The van der Waals surface area contributed by atoms with Crippen molar-refractivity contribution < 1.29 is 19.4 Å². The van der Waals surface area contributed by atoms with Crippen LogP contribution in [0.3, 0.4) is 0 Å². The van der Waals surface area contributed by atoms with Gasteiger partial charge in [0.1, 0.15) is 19.4 Å². The predicted molar refractivity (Wildman–Crippen MR) is 109 cm³/mol. The number of carbonyl (C=O) groups excluding carboxylic acids is 1. The number of aromatic amines is 1. The first-order valence-electron chi connectivity index (χ1n) is 8.23. The van der Waals surface area contributed by atoms with Crippen LogP contribution in [0.15, 0.2) is 20.6 Å². The number of esters is 1. The van der Waals surface area contributed by atoms with Gasteiger partial charge in [-0.1, -0.05) is 22.8 Å². The molecule has 0 aromatic carbocycles. The zero-order valence-electron chi connectivity index (χ0n) is 15.3. The van der Waals surface area contributed by atoms with Crippen molar-refractivity contribution in [2.24, 2.45) is 15.4 Å². The summed E-state index contributed by atoms with van der Waals surface area (Å²) in [7, 11) is 6.00. The molecule has 28 heavy (non-hydrogen) atoms. The second-order valence-electron chi connectivity index (χ2n) is 6.04. The third-order valence-corrected chi connectivity index (χ3v) is 4.69. The molecule has 0 fully saturated rings. The van der Waals surface area contributed by atoms with Crippen molar-refractivity contribution in [2.45, 2.75) is 32.7 Å². The van der Waals surface area contributed by atoms with Crippen LogP contribution in [0.1, 0.15) is 13.8 Å². The third kappa shape index (κ3) is 5.69. The van der Waals surface area contributed by atoms with E-state index in [2.05, 4.69) is 42.4 Å². The summed E-state index contributed by atoms with van der Waals surface area (Å²) in [5.74, 6) is -0.401. The number of nitrogens with zero attached hydrogens (tertiary/aromatic N) is 5. The number of aliphatic hydroxyl groups is 1. The summed E-state index contributed by atoms with van der Waals surface area (Å²) in [4.78, 5) is 34.7. The van der Waals surface area contributed by atoms with Gasteiger partial charge in [-0.3, -0.25) is 14.3 Å². The van der Waals surface area contributed by atoms with Crippen molar-refractivity contribution in [1.82, 2.24) is 19.5 Å². The number of aliphatic hydroxyl groups excluding tert-OH is 1. The highest BCUT2D eigenvalue weighted by atomic mass is 32.0. The number of fused-ring (bicyclic) bond motifs is 1. The molecular formula is C14H21N6O5P3. The number of hydrogen-bond acceptors (Lipinski definition) is 9. The number of hydrogen-bond donors (Lipinski definition) is 2. The van der Waals surface area contributed by atoms with Crippen LogP contribution in [0, 0.1) is 5.92 Å². The van der Waals surface area contributed by atoms with E-state index in [9.17, 15) is 14.7 Å². The summed E-state index contributed by atoms with van der Waals surface area (Å²) in [5, 5.41) is 9.50. The fourth-order valence-corrected chi connectivity index (χ4v) is 3.26. The SMILES string of the molecule is CC(C)[C@H](N=PP)C(=O)OCC(CO)OCn1cnc2c(=O)[nH]c(N=P)nc21. The Kier molecular flexibility index (Phi) is 8.73. The number of nitrogens with one attached hydrogen (secondary N) is 1. The van der Waals surface area contributed by atoms with Gasteiger partial charge in [0.2, 0.25) is 5.95 Å². The summed E-state index contributed by atoms with van der Waals surface area (Å²) in [6.45, 7) is 3.19. The standard InChI is InChI=1S/C14H21N6O5P3/c1-7(2)9(19-28-27)13(23)24-4-8(3-21)25-6-20-5-15-10-11(20)16-14(18-26)17-12(10)22/h5,7-9,21,26H,3-4,6,27H2,1-2H3,(H,16,17,22)/t8?,9-/m0/s1. The number of H-pyrrole nitrogens is 1. The van der Waals surface area contributed by atoms with Crippen LogP contribution in [0.4, 0.5) is 5.95 Å². The average Bonchev–Trinajstić information content (AvgIpc) is 3.09. The highest BCUT2D eigenvalue weighted by molar-refractivity contribution is 7.97. The first-order valence-corrected chi connectivity index (χ1v) is 11.1. The van der Waals surface area contributed by atoms with Gasteiger partial charge >= 0.3 is 5.97 Å². The molecule has 11 nitrogen and oxygen atoms in total. The van der Waals surface area contributed by atoms with E-state index in [0.717, 1.165) is 0 Å². The van der Waals surface area contributed by atoms with E-state index in [4.69, 9.17) is 9.47 Å². The molecule has 0 aliphatic carbocycles. The molecule has 0 aliphatic heterocycles. The Balaban J connectivity index is 2.01. The monoisotopic (exact) mass is 446 g/mol. The minimum atomic E-state index is -0.760. The summed E-state index contributed by atoms with van der Waals surface area (Å²) < 4.78 is 20.1. The number of imidazole rings is 1. The van der Waals surface area contributed by atoms with Gasteiger partial charge in [-0.25, -0.2) is 14.5 Å². The lowest BCUT2D eigenvalue weighted by atomic mass is 10.1. The molecule has 2 aromatic heterocycles. The van der Waals surface area contributed by atoms with E-state index in [0.29, 0.717) is 8.06 Å². The molecular weight excluding hydrogens is 425 g/mol. The molecule has 3 atom stereocenters. The van der Waals surface area contributed by atoms with Gasteiger partial charge in [-0.2, -0.15) is 9.73 Å². The third-order valence-electron chi connectivity index (χ3n) is 3.70. The van der Waals surface area contributed by atoms with Crippen LogP contribution in [-0.2, 0) is 21.0 Å². The largest absolute Gasteiger partial charge is 0.461 e. The first-order chi connectivity index (χ1) is 13.4. The molecule has 2 N–H and O–H groups in total. The summed E-state index contributed by atoms with van der Waals surface area (Å²) >= 11 is 0. The normalized spacial score (nSPS) is 13.9. The van der Waals surface area contributed by atoms with Crippen LogP contribution in [0.5, 0.6) is 0 Å².